The van der Waals surface area contributed by atoms with Crippen molar-refractivity contribution in [3.05, 3.63) is 29.8 Å². The van der Waals surface area contributed by atoms with Crippen LogP contribution in [0.2, 0.25) is 0 Å². The normalized spacial score (nSPS) is 22.2. The Morgan fingerprint density at radius 3 is 2.90 bits per heavy atom. The summed E-state index contributed by atoms with van der Waals surface area (Å²) < 4.78 is 0. The zero-order valence-electron chi connectivity index (χ0n) is 12.6. The molecule has 0 aliphatic heterocycles. The zero-order valence-corrected chi connectivity index (χ0v) is 13.4. The van der Waals surface area contributed by atoms with E-state index >= 15 is 0 Å². The van der Waals surface area contributed by atoms with Gasteiger partial charge in [-0.1, -0.05) is 12.1 Å². The molecule has 2 unspecified atom stereocenters. The number of nitrogens with zero attached hydrogens (tertiary/aromatic N) is 1. The molecule has 1 aromatic carbocycles. The van der Waals surface area contributed by atoms with Gasteiger partial charge in [0.1, 0.15) is 0 Å². The zero-order chi connectivity index (χ0) is 14.5. The lowest BCUT2D eigenvalue weighted by molar-refractivity contribution is -0.114. The molecule has 0 spiro atoms. The molecule has 0 saturated heterocycles. The van der Waals surface area contributed by atoms with Crippen molar-refractivity contribution in [3.8, 4) is 0 Å². The molecule has 1 fully saturated rings. The van der Waals surface area contributed by atoms with Crippen LogP contribution < -0.4 is 5.32 Å². The van der Waals surface area contributed by atoms with Gasteiger partial charge in [-0.15, -0.1) is 0 Å². The average Bonchev–Trinajstić information content (AvgIpc) is 2.87. The fraction of sp³-hybridized carbons (Fsp3) is 0.562. The first kappa shape index (κ1) is 15.4. The SMILES string of the molecule is CSC1CCC(N(C)Cc2cccc(NC(C)=O)c2)C1. The van der Waals surface area contributed by atoms with Crippen LogP contribution in [0.1, 0.15) is 31.7 Å². The molecule has 0 aromatic heterocycles. The molecule has 0 bridgehead atoms. The van der Waals surface area contributed by atoms with Crippen LogP contribution in [-0.2, 0) is 11.3 Å². The number of thioether (sulfide) groups is 1. The van der Waals surface area contributed by atoms with E-state index in [1.807, 2.05) is 23.9 Å². The van der Waals surface area contributed by atoms with E-state index in [1.165, 1.54) is 24.8 Å². The summed E-state index contributed by atoms with van der Waals surface area (Å²) in [6.07, 6.45) is 6.14. The minimum absolute atomic E-state index is 0.0193. The van der Waals surface area contributed by atoms with Crippen molar-refractivity contribution in [1.82, 2.24) is 4.90 Å². The summed E-state index contributed by atoms with van der Waals surface area (Å²) in [4.78, 5) is 13.5. The van der Waals surface area contributed by atoms with Gasteiger partial charge in [-0.3, -0.25) is 9.69 Å². The number of hydrogen-bond donors (Lipinski definition) is 1. The van der Waals surface area contributed by atoms with Gasteiger partial charge < -0.3 is 5.32 Å². The third-order valence-electron chi connectivity index (χ3n) is 3.99. The molecule has 2 rings (SSSR count). The van der Waals surface area contributed by atoms with Crippen molar-refractivity contribution in [2.75, 3.05) is 18.6 Å². The van der Waals surface area contributed by atoms with Crippen LogP contribution in [0.5, 0.6) is 0 Å². The minimum Gasteiger partial charge on any atom is -0.326 e. The fourth-order valence-electron chi connectivity index (χ4n) is 2.90. The number of hydrogen-bond acceptors (Lipinski definition) is 3. The molecule has 20 heavy (non-hydrogen) atoms. The van der Waals surface area contributed by atoms with Crippen molar-refractivity contribution in [3.63, 3.8) is 0 Å². The van der Waals surface area contributed by atoms with E-state index in [0.717, 1.165) is 17.5 Å². The molecule has 4 heteroatoms. The molecular weight excluding hydrogens is 268 g/mol. The van der Waals surface area contributed by atoms with Crippen molar-refractivity contribution in [1.29, 1.82) is 0 Å². The summed E-state index contributed by atoms with van der Waals surface area (Å²) >= 11 is 1.99. The van der Waals surface area contributed by atoms with Gasteiger partial charge in [0.15, 0.2) is 0 Å². The second kappa shape index (κ2) is 7.14. The molecule has 110 valence electrons. The number of carbonyl (C=O) groups excluding carboxylic acids is 1. The maximum Gasteiger partial charge on any atom is 0.221 e. The highest BCUT2D eigenvalue weighted by atomic mass is 32.2. The van der Waals surface area contributed by atoms with Gasteiger partial charge in [-0.05, 0) is 50.3 Å². The van der Waals surface area contributed by atoms with E-state index in [1.54, 1.807) is 6.92 Å². The summed E-state index contributed by atoms with van der Waals surface area (Å²) in [7, 11) is 2.21. The summed E-state index contributed by atoms with van der Waals surface area (Å²) in [5, 5.41) is 3.67. The highest BCUT2D eigenvalue weighted by Crippen LogP contribution is 2.31. The van der Waals surface area contributed by atoms with Crippen LogP contribution in [0.3, 0.4) is 0 Å². The molecule has 1 aliphatic rings. The van der Waals surface area contributed by atoms with Crippen molar-refractivity contribution in [2.45, 2.75) is 44.0 Å². The highest BCUT2D eigenvalue weighted by molar-refractivity contribution is 7.99. The van der Waals surface area contributed by atoms with Crippen molar-refractivity contribution < 1.29 is 4.79 Å². The molecule has 0 heterocycles. The lowest BCUT2D eigenvalue weighted by atomic mass is 10.1. The van der Waals surface area contributed by atoms with Crippen LogP contribution in [0, 0.1) is 0 Å². The number of benzene rings is 1. The van der Waals surface area contributed by atoms with E-state index in [9.17, 15) is 4.79 Å². The predicted octanol–water partition coefficient (Wildman–Crippen LogP) is 3.36. The minimum atomic E-state index is -0.0193. The van der Waals surface area contributed by atoms with E-state index in [0.29, 0.717) is 6.04 Å². The third-order valence-corrected chi connectivity index (χ3v) is 5.09. The van der Waals surface area contributed by atoms with Gasteiger partial charge >= 0.3 is 0 Å². The first-order valence-electron chi connectivity index (χ1n) is 7.18. The van der Waals surface area contributed by atoms with Gasteiger partial charge in [0, 0.05) is 30.4 Å². The van der Waals surface area contributed by atoms with Gasteiger partial charge in [-0.2, -0.15) is 11.8 Å². The smallest absolute Gasteiger partial charge is 0.221 e. The highest BCUT2D eigenvalue weighted by Gasteiger charge is 2.26. The van der Waals surface area contributed by atoms with Crippen molar-refractivity contribution in [2.24, 2.45) is 0 Å². The van der Waals surface area contributed by atoms with Gasteiger partial charge in [0.25, 0.3) is 0 Å². The Labute approximate surface area is 126 Å². The number of carbonyl (C=O) groups is 1. The molecule has 1 aromatic rings. The number of rotatable bonds is 5. The Kier molecular flexibility index (Phi) is 5.49. The molecule has 2 atom stereocenters. The fourth-order valence-corrected chi connectivity index (χ4v) is 3.69. The molecule has 1 aliphatic carbocycles. The number of nitrogens with one attached hydrogen (secondary N) is 1. The Balaban J connectivity index is 1.94. The van der Waals surface area contributed by atoms with Crippen LogP contribution >= 0.6 is 11.8 Å². The van der Waals surface area contributed by atoms with E-state index in [2.05, 4.69) is 35.7 Å². The van der Waals surface area contributed by atoms with E-state index in [-0.39, 0.29) is 5.91 Å². The summed E-state index contributed by atoms with van der Waals surface area (Å²) in [5.41, 5.74) is 2.14. The summed E-state index contributed by atoms with van der Waals surface area (Å²) in [5.74, 6) is -0.0193. The van der Waals surface area contributed by atoms with Crippen LogP contribution in [0.4, 0.5) is 5.69 Å². The average molecular weight is 292 g/mol. The Morgan fingerprint density at radius 1 is 1.45 bits per heavy atom. The molecule has 3 nitrogen and oxygen atoms in total. The summed E-state index contributed by atoms with van der Waals surface area (Å²) in [6, 6.07) is 8.83. The molecule has 1 N–H and O–H groups in total. The van der Waals surface area contributed by atoms with E-state index < -0.39 is 0 Å². The van der Waals surface area contributed by atoms with Gasteiger partial charge in [0.05, 0.1) is 0 Å². The summed E-state index contributed by atoms with van der Waals surface area (Å²) in [6.45, 7) is 2.49. The lowest BCUT2D eigenvalue weighted by Crippen LogP contribution is -2.29. The van der Waals surface area contributed by atoms with Crippen LogP contribution in [-0.4, -0.2) is 35.4 Å². The quantitative estimate of drug-likeness (QED) is 0.903. The maximum absolute atomic E-state index is 11.1. The predicted molar refractivity (Wildman–Crippen MR) is 87.2 cm³/mol. The molecule has 0 radical (unpaired) electrons. The standard InChI is InChI=1S/C16H24N2OS/c1-12(19)17-14-6-4-5-13(9-14)11-18(2)15-7-8-16(10-15)20-3/h4-6,9,15-16H,7-8,10-11H2,1-3H3,(H,17,19). The monoisotopic (exact) mass is 292 g/mol. The third kappa shape index (κ3) is 4.25. The Hall–Kier alpha value is -1.00. The Morgan fingerprint density at radius 2 is 2.25 bits per heavy atom. The van der Waals surface area contributed by atoms with Gasteiger partial charge in [0.2, 0.25) is 5.91 Å². The van der Waals surface area contributed by atoms with Crippen molar-refractivity contribution >= 4 is 23.4 Å². The maximum atomic E-state index is 11.1. The molecule has 1 saturated carbocycles. The first-order chi connectivity index (χ1) is 9.58. The van der Waals surface area contributed by atoms with E-state index in [4.69, 9.17) is 0 Å². The van der Waals surface area contributed by atoms with Gasteiger partial charge in [-0.25, -0.2) is 0 Å². The Bertz CT molecular complexity index is 464. The topological polar surface area (TPSA) is 32.3 Å². The first-order valence-corrected chi connectivity index (χ1v) is 8.47. The second-order valence-corrected chi connectivity index (χ2v) is 6.76. The molecule has 1 amide bonds. The lowest BCUT2D eigenvalue weighted by Gasteiger charge is -2.24. The second-order valence-electron chi connectivity index (χ2n) is 5.62. The number of amides is 1. The van der Waals surface area contributed by atoms with Crippen LogP contribution in [0.15, 0.2) is 24.3 Å². The molecular formula is C16H24N2OS. The largest absolute Gasteiger partial charge is 0.326 e. The van der Waals surface area contributed by atoms with Crippen LogP contribution in [0.25, 0.3) is 0 Å². The number of anilines is 1.